The van der Waals surface area contributed by atoms with Gasteiger partial charge >= 0.3 is 0 Å². The van der Waals surface area contributed by atoms with Gasteiger partial charge in [0.25, 0.3) is 0 Å². The first-order valence-electron chi connectivity index (χ1n) is 7.09. The van der Waals surface area contributed by atoms with Crippen LogP contribution in [0.3, 0.4) is 0 Å². The molecular formula is C15H20ClNO3S. The molecule has 4 nitrogen and oxygen atoms in total. The molecule has 1 N–H and O–H groups in total. The van der Waals surface area contributed by atoms with Crippen molar-refractivity contribution in [3.63, 3.8) is 0 Å². The third-order valence-electron chi connectivity index (χ3n) is 3.69. The molecule has 1 heterocycles. The third-order valence-corrected chi connectivity index (χ3v) is 5.90. The Morgan fingerprint density at radius 2 is 2.14 bits per heavy atom. The van der Waals surface area contributed by atoms with Gasteiger partial charge in [-0.05, 0) is 37.3 Å². The van der Waals surface area contributed by atoms with Crippen LogP contribution in [0.4, 0.5) is 0 Å². The summed E-state index contributed by atoms with van der Waals surface area (Å²) in [5.41, 5.74) is 0.996. The van der Waals surface area contributed by atoms with Crippen molar-refractivity contribution in [1.29, 1.82) is 0 Å². The zero-order valence-corrected chi connectivity index (χ0v) is 13.6. The van der Waals surface area contributed by atoms with Gasteiger partial charge in [-0.2, -0.15) is 0 Å². The SMILES string of the molecule is C[C@H](Cc1ccccc1Cl)NC(=O)C[C@@H]1CCS(=O)(=O)C1. The molecule has 1 aromatic rings. The van der Waals surface area contributed by atoms with E-state index >= 15 is 0 Å². The highest BCUT2D eigenvalue weighted by Gasteiger charge is 2.29. The topological polar surface area (TPSA) is 63.2 Å². The fraction of sp³-hybridized carbons (Fsp3) is 0.533. The molecule has 0 saturated carbocycles. The average Bonchev–Trinajstić information content (AvgIpc) is 2.71. The van der Waals surface area contributed by atoms with Crippen molar-refractivity contribution in [2.45, 2.75) is 32.2 Å². The van der Waals surface area contributed by atoms with E-state index in [-0.39, 0.29) is 35.8 Å². The van der Waals surface area contributed by atoms with E-state index in [4.69, 9.17) is 11.6 Å². The summed E-state index contributed by atoms with van der Waals surface area (Å²) in [6.07, 6.45) is 1.54. The van der Waals surface area contributed by atoms with Gasteiger partial charge < -0.3 is 5.32 Å². The normalized spacial score (nSPS) is 21.9. The van der Waals surface area contributed by atoms with Crippen molar-refractivity contribution < 1.29 is 13.2 Å². The van der Waals surface area contributed by atoms with Gasteiger partial charge in [0.05, 0.1) is 11.5 Å². The lowest BCUT2D eigenvalue weighted by Gasteiger charge is -2.16. The second kappa shape index (κ2) is 6.79. The number of benzene rings is 1. The molecule has 6 heteroatoms. The summed E-state index contributed by atoms with van der Waals surface area (Å²) in [5, 5.41) is 3.61. The van der Waals surface area contributed by atoms with Gasteiger partial charge in [0.2, 0.25) is 5.91 Å². The van der Waals surface area contributed by atoms with Crippen LogP contribution in [0.5, 0.6) is 0 Å². The van der Waals surface area contributed by atoms with Crippen LogP contribution in [0.15, 0.2) is 24.3 Å². The summed E-state index contributed by atoms with van der Waals surface area (Å²) in [4.78, 5) is 12.0. The zero-order chi connectivity index (χ0) is 15.5. The zero-order valence-electron chi connectivity index (χ0n) is 12.0. The number of nitrogens with one attached hydrogen (secondary N) is 1. The van der Waals surface area contributed by atoms with Gasteiger partial charge in [-0.25, -0.2) is 8.42 Å². The van der Waals surface area contributed by atoms with Crippen molar-refractivity contribution in [1.82, 2.24) is 5.32 Å². The standard InChI is InChI=1S/C15H20ClNO3S/c1-11(8-13-4-2-3-5-14(13)16)17-15(18)9-12-6-7-21(19,20)10-12/h2-5,11-12H,6-10H2,1H3,(H,17,18)/t11-,12+/m1/s1. The van der Waals surface area contributed by atoms with Crippen LogP contribution in [-0.2, 0) is 21.1 Å². The van der Waals surface area contributed by atoms with Crippen LogP contribution in [0.25, 0.3) is 0 Å². The number of carbonyl (C=O) groups is 1. The molecule has 0 radical (unpaired) electrons. The van der Waals surface area contributed by atoms with E-state index in [2.05, 4.69) is 5.32 Å². The summed E-state index contributed by atoms with van der Waals surface area (Å²) in [7, 11) is -2.92. The van der Waals surface area contributed by atoms with Crippen molar-refractivity contribution in [2.75, 3.05) is 11.5 Å². The van der Waals surface area contributed by atoms with Gasteiger partial charge in [-0.3, -0.25) is 4.79 Å². The first-order valence-corrected chi connectivity index (χ1v) is 9.29. The molecule has 2 rings (SSSR count). The fourth-order valence-electron chi connectivity index (χ4n) is 2.67. The predicted octanol–water partition coefficient (Wildman–Crippen LogP) is 2.21. The second-order valence-corrected chi connectivity index (χ2v) is 8.37. The smallest absolute Gasteiger partial charge is 0.220 e. The molecule has 0 spiro atoms. The molecule has 1 aliphatic rings. The third kappa shape index (κ3) is 5.00. The summed E-state index contributed by atoms with van der Waals surface area (Å²) < 4.78 is 22.8. The fourth-order valence-corrected chi connectivity index (χ4v) is 4.75. The summed E-state index contributed by atoms with van der Waals surface area (Å²) >= 11 is 6.09. The highest BCUT2D eigenvalue weighted by Crippen LogP contribution is 2.21. The van der Waals surface area contributed by atoms with Crippen LogP contribution in [-0.4, -0.2) is 31.9 Å². The Kier molecular flexibility index (Phi) is 5.27. The van der Waals surface area contributed by atoms with E-state index in [1.54, 1.807) is 0 Å². The molecule has 1 saturated heterocycles. The Morgan fingerprint density at radius 1 is 1.43 bits per heavy atom. The lowest BCUT2D eigenvalue weighted by atomic mass is 10.0. The maximum absolute atomic E-state index is 12.0. The Balaban J connectivity index is 1.81. The van der Waals surface area contributed by atoms with Crippen LogP contribution in [0.2, 0.25) is 5.02 Å². The monoisotopic (exact) mass is 329 g/mol. The minimum absolute atomic E-state index is 0.0320. The molecule has 1 fully saturated rings. The van der Waals surface area contributed by atoms with E-state index in [1.165, 1.54) is 0 Å². The molecular weight excluding hydrogens is 310 g/mol. The minimum Gasteiger partial charge on any atom is -0.353 e. The van der Waals surface area contributed by atoms with Crippen LogP contribution >= 0.6 is 11.6 Å². The van der Waals surface area contributed by atoms with Crippen LogP contribution in [0, 0.1) is 5.92 Å². The number of sulfone groups is 1. The largest absolute Gasteiger partial charge is 0.353 e. The van der Waals surface area contributed by atoms with Gasteiger partial charge in [-0.15, -0.1) is 0 Å². The van der Waals surface area contributed by atoms with E-state index in [0.717, 1.165) is 5.56 Å². The second-order valence-electron chi connectivity index (χ2n) is 5.74. The molecule has 1 amide bonds. The molecule has 0 unspecified atom stereocenters. The van der Waals surface area contributed by atoms with Crippen LogP contribution < -0.4 is 5.32 Å². The maximum Gasteiger partial charge on any atom is 0.220 e. The van der Waals surface area contributed by atoms with Gasteiger partial charge in [0, 0.05) is 17.5 Å². The first kappa shape index (κ1) is 16.3. The molecule has 0 aromatic heterocycles. The summed E-state index contributed by atoms with van der Waals surface area (Å²) in [6, 6.07) is 7.52. The Morgan fingerprint density at radius 3 is 2.76 bits per heavy atom. The summed E-state index contributed by atoms with van der Waals surface area (Å²) in [6.45, 7) is 1.92. The molecule has 116 valence electrons. The molecule has 0 bridgehead atoms. The van der Waals surface area contributed by atoms with E-state index in [0.29, 0.717) is 17.9 Å². The van der Waals surface area contributed by atoms with Gasteiger partial charge in [-0.1, -0.05) is 29.8 Å². The Bertz CT molecular complexity index is 615. The Labute approximate surface area is 130 Å². The van der Waals surface area contributed by atoms with Gasteiger partial charge in [0.15, 0.2) is 9.84 Å². The lowest BCUT2D eigenvalue weighted by Crippen LogP contribution is -2.35. The van der Waals surface area contributed by atoms with Crippen LogP contribution in [0.1, 0.15) is 25.3 Å². The highest BCUT2D eigenvalue weighted by atomic mass is 35.5. The van der Waals surface area contributed by atoms with Crippen molar-refractivity contribution in [3.05, 3.63) is 34.9 Å². The number of amides is 1. The van der Waals surface area contributed by atoms with Crippen molar-refractivity contribution in [2.24, 2.45) is 5.92 Å². The molecule has 0 aliphatic carbocycles. The molecule has 21 heavy (non-hydrogen) atoms. The van der Waals surface area contributed by atoms with E-state index < -0.39 is 9.84 Å². The van der Waals surface area contributed by atoms with E-state index in [9.17, 15) is 13.2 Å². The lowest BCUT2D eigenvalue weighted by molar-refractivity contribution is -0.122. The highest BCUT2D eigenvalue weighted by molar-refractivity contribution is 7.91. The van der Waals surface area contributed by atoms with Crippen molar-refractivity contribution in [3.8, 4) is 0 Å². The predicted molar refractivity (Wildman–Crippen MR) is 84.1 cm³/mol. The molecule has 1 aromatic carbocycles. The number of hydrogen-bond acceptors (Lipinski definition) is 3. The average molecular weight is 330 g/mol. The number of rotatable bonds is 5. The minimum atomic E-state index is -2.92. The molecule has 2 atom stereocenters. The van der Waals surface area contributed by atoms with E-state index in [1.807, 2.05) is 31.2 Å². The summed E-state index contributed by atoms with van der Waals surface area (Å²) in [5.74, 6) is 0.221. The Hall–Kier alpha value is -1.07. The van der Waals surface area contributed by atoms with Gasteiger partial charge in [0.1, 0.15) is 0 Å². The first-order chi connectivity index (χ1) is 9.85. The number of carbonyl (C=O) groups excluding carboxylic acids is 1. The maximum atomic E-state index is 12.0. The number of halogens is 1. The van der Waals surface area contributed by atoms with Crippen molar-refractivity contribution >= 4 is 27.3 Å². The quantitative estimate of drug-likeness (QED) is 0.900. The number of hydrogen-bond donors (Lipinski definition) is 1. The molecule has 1 aliphatic heterocycles.